The van der Waals surface area contributed by atoms with Crippen LogP contribution in [0.25, 0.3) is 22.6 Å². The van der Waals surface area contributed by atoms with E-state index in [2.05, 4.69) is 15.0 Å². The van der Waals surface area contributed by atoms with E-state index in [0.29, 0.717) is 33.8 Å². The summed E-state index contributed by atoms with van der Waals surface area (Å²) in [5.41, 5.74) is 1.18. The third-order valence-electron chi connectivity index (χ3n) is 4.70. The van der Waals surface area contributed by atoms with E-state index >= 15 is 0 Å². The van der Waals surface area contributed by atoms with Crippen molar-refractivity contribution >= 4 is 34.5 Å². The Hall–Kier alpha value is -2.78. The highest BCUT2D eigenvalue weighted by molar-refractivity contribution is 7.99. The van der Waals surface area contributed by atoms with Crippen LogP contribution in [0, 0.1) is 0 Å². The van der Waals surface area contributed by atoms with E-state index in [1.54, 1.807) is 29.8 Å². The molecule has 31 heavy (non-hydrogen) atoms. The molecule has 4 aromatic rings. The summed E-state index contributed by atoms with van der Waals surface area (Å²) in [5.74, 6) is 1.11. The molecule has 4 rings (SSSR count). The summed E-state index contributed by atoms with van der Waals surface area (Å²) in [4.78, 5) is 24.2. The van der Waals surface area contributed by atoms with E-state index in [1.807, 2.05) is 6.07 Å². The van der Waals surface area contributed by atoms with Crippen LogP contribution in [0.1, 0.15) is 11.1 Å². The molecule has 160 valence electrons. The number of nitrogens with zero attached hydrogens (tertiary/aromatic N) is 3. The Labute approximate surface area is 184 Å². The number of benzene rings is 2. The molecular formula is C21H16ClF3N4OS. The second kappa shape index (κ2) is 8.39. The molecule has 0 spiro atoms. The second-order valence-corrected chi connectivity index (χ2v) is 8.36. The fourth-order valence-electron chi connectivity index (χ4n) is 3.13. The van der Waals surface area contributed by atoms with Crippen molar-refractivity contribution < 1.29 is 13.2 Å². The first-order valence-electron chi connectivity index (χ1n) is 9.24. The third-order valence-corrected chi connectivity index (χ3v) is 5.81. The highest BCUT2D eigenvalue weighted by Crippen LogP contribution is 2.29. The number of aromatic amines is 1. The fraction of sp³-hybridized carbons (Fsp3) is 0.190. The molecule has 5 nitrogen and oxygen atoms in total. The zero-order valence-corrected chi connectivity index (χ0v) is 17.8. The zero-order valence-electron chi connectivity index (χ0n) is 16.2. The lowest BCUT2D eigenvalue weighted by Gasteiger charge is -2.07. The first kappa shape index (κ1) is 21.5. The maximum Gasteiger partial charge on any atom is 0.416 e. The number of aromatic nitrogens is 4. The highest BCUT2D eigenvalue weighted by atomic mass is 35.5. The predicted molar refractivity (Wildman–Crippen MR) is 115 cm³/mol. The molecule has 2 heterocycles. The lowest BCUT2D eigenvalue weighted by molar-refractivity contribution is -0.137. The summed E-state index contributed by atoms with van der Waals surface area (Å²) in [6.45, 7) is 0. The van der Waals surface area contributed by atoms with Crippen molar-refractivity contribution in [1.82, 2.24) is 19.5 Å². The molecule has 0 aliphatic rings. The Morgan fingerprint density at radius 2 is 1.87 bits per heavy atom. The van der Waals surface area contributed by atoms with Gasteiger partial charge in [-0.3, -0.25) is 9.78 Å². The number of halogens is 4. The number of aryl methyl sites for hydroxylation is 2. The minimum absolute atomic E-state index is 0.226. The van der Waals surface area contributed by atoms with Gasteiger partial charge in [0.15, 0.2) is 16.3 Å². The number of thioether (sulfide) groups is 1. The van der Waals surface area contributed by atoms with Gasteiger partial charge in [0.05, 0.1) is 5.56 Å². The van der Waals surface area contributed by atoms with Crippen molar-refractivity contribution in [3.8, 4) is 11.4 Å². The summed E-state index contributed by atoms with van der Waals surface area (Å²) in [6.07, 6.45) is -3.82. The number of hydrogen-bond acceptors (Lipinski definition) is 4. The van der Waals surface area contributed by atoms with Gasteiger partial charge in [0.2, 0.25) is 0 Å². The van der Waals surface area contributed by atoms with Gasteiger partial charge in [-0.05, 0) is 36.2 Å². The number of alkyl halides is 3. The number of hydrogen-bond donors (Lipinski definition) is 1. The van der Waals surface area contributed by atoms with Crippen LogP contribution in [0.3, 0.4) is 0 Å². The van der Waals surface area contributed by atoms with Gasteiger partial charge in [0.1, 0.15) is 5.82 Å². The number of H-pyrrole nitrogens is 1. The molecule has 0 aliphatic heterocycles. The van der Waals surface area contributed by atoms with Gasteiger partial charge in [-0.25, -0.2) is 9.97 Å². The van der Waals surface area contributed by atoms with Crippen LogP contribution >= 0.6 is 23.4 Å². The largest absolute Gasteiger partial charge is 0.416 e. The smallest absolute Gasteiger partial charge is 0.312 e. The van der Waals surface area contributed by atoms with Crippen LogP contribution in [-0.4, -0.2) is 25.3 Å². The van der Waals surface area contributed by atoms with Crippen molar-refractivity contribution in [2.45, 2.75) is 17.8 Å². The maximum absolute atomic E-state index is 12.7. The summed E-state index contributed by atoms with van der Waals surface area (Å²) >= 11 is 7.38. The van der Waals surface area contributed by atoms with Crippen molar-refractivity contribution in [3.05, 3.63) is 75.0 Å². The highest BCUT2D eigenvalue weighted by Gasteiger charge is 2.29. The molecule has 0 saturated carbocycles. The van der Waals surface area contributed by atoms with Crippen molar-refractivity contribution in [3.63, 3.8) is 0 Å². The normalized spacial score (nSPS) is 11.9. The van der Waals surface area contributed by atoms with E-state index in [1.165, 1.54) is 23.9 Å². The number of imidazole rings is 1. The van der Waals surface area contributed by atoms with Gasteiger partial charge in [-0.1, -0.05) is 47.6 Å². The number of rotatable bonds is 5. The van der Waals surface area contributed by atoms with Crippen LogP contribution in [0.15, 0.2) is 58.5 Å². The molecule has 2 aromatic carbocycles. The molecular weight excluding hydrogens is 449 g/mol. The van der Waals surface area contributed by atoms with Gasteiger partial charge in [0, 0.05) is 23.4 Å². The Bertz CT molecular complexity index is 1300. The Balaban J connectivity index is 1.52. The molecule has 0 atom stereocenters. The lowest BCUT2D eigenvalue weighted by Crippen LogP contribution is -2.10. The molecule has 0 aliphatic carbocycles. The first-order valence-corrected chi connectivity index (χ1v) is 10.6. The Morgan fingerprint density at radius 3 is 2.55 bits per heavy atom. The molecule has 0 unspecified atom stereocenters. The molecule has 0 amide bonds. The van der Waals surface area contributed by atoms with Gasteiger partial charge in [-0.15, -0.1) is 0 Å². The predicted octanol–water partition coefficient (Wildman–Crippen LogP) is 5.33. The van der Waals surface area contributed by atoms with Gasteiger partial charge < -0.3 is 4.57 Å². The van der Waals surface area contributed by atoms with Gasteiger partial charge >= 0.3 is 6.18 Å². The molecule has 2 aromatic heterocycles. The van der Waals surface area contributed by atoms with Gasteiger partial charge in [0.25, 0.3) is 5.56 Å². The average molecular weight is 465 g/mol. The summed E-state index contributed by atoms with van der Waals surface area (Å²) in [7, 11) is 1.77. The molecule has 0 fully saturated rings. The van der Waals surface area contributed by atoms with E-state index in [4.69, 9.17) is 11.6 Å². The van der Waals surface area contributed by atoms with Crippen molar-refractivity contribution in [2.75, 3.05) is 5.75 Å². The van der Waals surface area contributed by atoms with E-state index in [9.17, 15) is 18.0 Å². The molecule has 1 N–H and O–H groups in total. The quantitative estimate of drug-likeness (QED) is 0.320. The number of fused-ring (bicyclic) bond motifs is 1. The average Bonchev–Trinajstić information content (AvgIpc) is 3.05. The minimum atomic E-state index is -4.35. The van der Waals surface area contributed by atoms with Crippen LogP contribution < -0.4 is 5.56 Å². The second-order valence-electron chi connectivity index (χ2n) is 6.84. The van der Waals surface area contributed by atoms with Crippen LogP contribution in [0.2, 0.25) is 5.02 Å². The standard InChI is InChI=1S/C21H16ClF3N4OS/c1-29-17(13-3-2-4-15(22)11-13)26-16-18(29)27-20(28-19(16)30)31-10-9-12-5-7-14(8-6-12)21(23,24)25/h2-8,11H,9-10H2,1H3,(H,27,28,30). The molecule has 0 bridgehead atoms. The number of nitrogens with one attached hydrogen (secondary N) is 1. The van der Waals surface area contributed by atoms with Crippen molar-refractivity contribution in [2.24, 2.45) is 7.05 Å². The topological polar surface area (TPSA) is 63.6 Å². The monoisotopic (exact) mass is 464 g/mol. The zero-order chi connectivity index (χ0) is 22.2. The molecule has 0 saturated heterocycles. The summed E-state index contributed by atoms with van der Waals surface area (Å²) in [6, 6.07) is 12.2. The van der Waals surface area contributed by atoms with E-state index in [-0.39, 0.29) is 11.1 Å². The first-order chi connectivity index (χ1) is 14.7. The Morgan fingerprint density at radius 1 is 1.13 bits per heavy atom. The fourth-order valence-corrected chi connectivity index (χ4v) is 4.17. The van der Waals surface area contributed by atoms with Gasteiger partial charge in [-0.2, -0.15) is 13.2 Å². The SMILES string of the molecule is Cn1c(-c2cccc(Cl)c2)nc2c(=O)[nH]c(SCCc3ccc(C(F)(F)F)cc3)nc21. The van der Waals surface area contributed by atoms with Crippen LogP contribution in [-0.2, 0) is 19.6 Å². The maximum atomic E-state index is 12.7. The van der Waals surface area contributed by atoms with Crippen LogP contribution in [0.4, 0.5) is 13.2 Å². The third kappa shape index (κ3) is 4.62. The van der Waals surface area contributed by atoms with Crippen LogP contribution in [0.5, 0.6) is 0 Å². The Kier molecular flexibility index (Phi) is 5.81. The van der Waals surface area contributed by atoms with Crippen molar-refractivity contribution in [1.29, 1.82) is 0 Å². The van der Waals surface area contributed by atoms with E-state index in [0.717, 1.165) is 23.3 Å². The van der Waals surface area contributed by atoms with E-state index < -0.39 is 11.7 Å². The molecule has 10 heteroatoms. The minimum Gasteiger partial charge on any atom is -0.312 e. The lowest BCUT2D eigenvalue weighted by atomic mass is 10.1. The summed E-state index contributed by atoms with van der Waals surface area (Å²) in [5, 5.41) is 0.982. The summed E-state index contributed by atoms with van der Waals surface area (Å²) < 4.78 is 39.7. The molecule has 0 radical (unpaired) electrons.